The molecule has 0 unspecified atom stereocenters. The number of hydrogen-bond acceptors (Lipinski definition) is 1. The predicted molar refractivity (Wildman–Crippen MR) is 43.8 cm³/mol. The van der Waals surface area contributed by atoms with Crippen LogP contribution in [0.15, 0.2) is 12.1 Å². The van der Waals surface area contributed by atoms with E-state index in [1.54, 1.807) is 6.07 Å². The molecule has 0 aliphatic heterocycles. The van der Waals surface area contributed by atoms with Crippen LogP contribution in [-0.2, 0) is 12.8 Å². The number of carbonyl (C=O) groups excluding carboxylic acids is 1. The fourth-order valence-corrected chi connectivity index (χ4v) is 1.70. The number of benzene rings is 1. The van der Waals surface area contributed by atoms with Crippen molar-refractivity contribution in [1.82, 2.24) is 0 Å². The molecule has 2 rings (SSSR count). The lowest BCUT2D eigenvalue weighted by molar-refractivity contribution is 0.111. The molecule has 0 fully saturated rings. The second-order valence-corrected chi connectivity index (χ2v) is 3.11. The van der Waals surface area contributed by atoms with Crippen LogP contribution in [0.1, 0.15) is 27.9 Å². The van der Waals surface area contributed by atoms with Gasteiger partial charge in [-0.15, -0.1) is 0 Å². The first-order chi connectivity index (χ1) is 5.81. The van der Waals surface area contributed by atoms with Crippen molar-refractivity contribution >= 4 is 6.29 Å². The Labute approximate surface area is 70.2 Å². The Balaban J connectivity index is 2.56. The van der Waals surface area contributed by atoms with Crippen LogP contribution in [0.3, 0.4) is 0 Å². The minimum Gasteiger partial charge on any atom is -0.298 e. The number of halogens is 1. The average molecular weight is 164 g/mol. The van der Waals surface area contributed by atoms with Gasteiger partial charge in [-0.1, -0.05) is 0 Å². The molecule has 0 atom stereocenters. The number of carbonyl (C=O) groups is 1. The summed E-state index contributed by atoms with van der Waals surface area (Å²) < 4.78 is 13.0. The van der Waals surface area contributed by atoms with E-state index in [0.29, 0.717) is 6.29 Å². The van der Waals surface area contributed by atoms with E-state index in [1.807, 2.05) is 0 Å². The van der Waals surface area contributed by atoms with Gasteiger partial charge in [0.25, 0.3) is 0 Å². The van der Waals surface area contributed by atoms with Crippen molar-refractivity contribution in [1.29, 1.82) is 0 Å². The third-order valence-corrected chi connectivity index (χ3v) is 2.34. The van der Waals surface area contributed by atoms with Crippen LogP contribution in [0.2, 0.25) is 0 Å². The normalized spacial score (nSPS) is 14.4. The van der Waals surface area contributed by atoms with Gasteiger partial charge in [0.15, 0.2) is 6.29 Å². The third kappa shape index (κ3) is 1.04. The fraction of sp³-hybridized carbons (Fsp3) is 0.300. The molecular weight excluding hydrogens is 155 g/mol. The topological polar surface area (TPSA) is 17.1 Å². The van der Waals surface area contributed by atoms with Crippen molar-refractivity contribution in [3.05, 3.63) is 34.6 Å². The molecule has 0 bridgehead atoms. The van der Waals surface area contributed by atoms with Crippen molar-refractivity contribution < 1.29 is 9.18 Å². The van der Waals surface area contributed by atoms with E-state index >= 15 is 0 Å². The van der Waals surface area contributed by atoms with E-state index in [0.717, 1.165) is 30.4 Å². The molecule has 0 saturated carbocycles. The molecule has 12 heavy (non-hydrogen) atoms. The maximum Gasteiger partial charge on any atom is 0.153 e. The van der Waals surface area contributed by atoms with Crippen LogP contribution < -0.4 is 0 Å². The monoisotopic (exact) mass is 164 g/mol. The summed E-state index contributed by atoms with van der Waals surface area (Å²) in [6.45, 7) is 0. The standard InChI is InChI=1S/C10H9FO/c11-10-5-8-3-1-2-7(8)4-9(10)6-12/h4-6H,1-3H2. The van der Waals surface area contributed by atoms with Gasteiger partial charge in [0.1, 0.15) is 5.82 Å². The highest BCUT2D eigenvalue weighted by Crippen LogP contribution is 2.24. The quantitative estimate of drug-likeness (QED) is 0.581. The molecule has 62 valence electrons. The molecule has 1 aliphatic rings. The van der Waals surface area contributed by atoms with Gasteiger partial charge in [0, 0.05) is 0 Å². The fourth-order valence-electron chi connectivity index (χ4n) is 1.70. The highest BCUT2D eigenvalue weighted by atomic mass is 19.1. The highest BCUT2D eigenvalue weighted by Gasteiger charge is 2.13. The lowest BCUT2D eigenvalue weighted by Crippen LogP contribution is -1.92. The Hall–Kier alpha value is -1.18. The molecular formula is C10H9FO. The molecule has 0 heterocycles. The number of aldehydes is 1. The van der Waals surface area contributed by atoms with Gasteiger partial charge in [-0.25, -0.2) is 4.39 Å². The molecule has 1 aromatic carbocycles. The molecule has 1 aromatic rings. The largest absolute Gasteiger partial charge is 0.298 e. The van der Waals surface area contributed by atoms with Crippen LogP contribution in [-0.4, -0.2) is 6.29 Å². The van der Waals surface area contributed by atoms with Crippen LogP contribution in [0.25, 0.3) is 0 Å². The smallest absolute Gasteiger partial charge is 0.153 e. The van der Waals surface area contributed by atoms with Gasteiger partial charge < -0.3 is 0 Å². The Morgan fingerprint density at radius 1 is 1.25 bits per heavy atom. The molecule has 0 aromatic heterocycles. The zero-order valence-electron chi connectivity index (χ0n) is 6.64. The SMILES string of the molecule is O=Cc1cc2c(cc1F)CCC2. The van der Waals surface area contributed by atoms with Crippen LogP contribution >= 0.6 is 0 Å². The maximum atomic E-state index is 13.0. The number of aryl methyl sites for hydroxylation is 2. The van der Waals surface area contributed by atoms with E-state index in [-0.39, 0.29) is 11.4 Å². The summed E-state index contributed by atoms with van der Waals surface area (Å²) in [6, 6.07) is 3.16. The number of hydrogen-bond donors (Lipinski definition) is 0. The van der Waals surface area contributed by atoms with Crippen LogP contribution in [0, 0.1) is 5.82 Å². The Bertz CT molecular complexity index is 331. The Kier molecular flexibility index (Phi) is 1.68. The summed E-state index contributed by atoms with van der Waals surface area (Å²) in [5.74, 6) is -0.384. The van der Waals surface area contributed by atoms with Crippen molar-refractivity contribution in [2.45, 2.75) is 19.3 Å². The summed E-state index contributed by atoms with van der Waals surface area (Å²) in [4.78, 5) is 10.4. The first kappa shape index (κ1) is 7.47. The van der Waals surface area contributed by atoms with Crippen molar-refractivity contribution in [2.24, 2.45) is 0 Å². The zero-order valence-corrected chi connectivity index (χ0v) is 6.64. The Morgan fingerprint density at radius 2 is 1.92 bits per heavy atom. The zero-order chi connectivity index (χ0) is 8.55. The van der Waals surface area contributed by atoms with Gasteiger partial charge in [-0.05, 0) is 42.5 Å². The van der Waals surface area contributed by atoms with E-state index < -0.39 is 0 Å². The second-order valence-electron chi connectivity index (χ2n) is 3.11. The molecule has 1 nitrogen and oxygen atoms in total. The first-order valence-corrected chi connectivity index (χ1v) is 4.08. The summed E-state index contributed by atoms with van der Waals surface area (Å²) in [5, 5.41) is 0. The number of rotatable bonds is 1. The highest BCUT2D eigenvalue weighted by molar-refractivity contribution is 5.76. The third-order valence-electron chi connectivity index (χ3n) is 2.34. The van der Waals surface area contributed by atoms with Crippen LogP contribution in [0.5, 0.6) is 0 Å². The summed E-state index contributed by atoms with van der Waals surface area (Å²) in [5.41, 5.74) is 2.40. The van der Waals surface area contributed by atoms with Crippen molar-refractivity contribution in [2.75, 3.05) is 0 Å². The maximum absolute atomic E-state index is 13.0. The first-order valence-electron chi connectivity index (χ1n) is 4.08. The summed E-state index contributed by atoms with van der Waals surface area (Å²) in [6.07, 6.45) is 3.59. The van der Waals surface area contributed by atoms with Gasteiger partial charge in [-0.3, -0.25) is 4.79 Å². The van der Waals surface area contributed by atoms with Crippen LogP contribution in [0.4, 0.5) is 4.39 Å². The lowest BCUT2D eigenvalue weighted by Gasteiger charge is -2.00. The molecule has 1 aliphatic carbocycles. The molecule has 2 heteroatoms. The van der Waals surface area contributed by atoms with E-state index in [4.69, 9.17) is 0 Å². The number of fused-ring (bicyclic) bond motifs is 1. The van der Waals surface area contributed by atoms with Crippen molar-refractivity contribution in [3.63, 3.8) is 0 Å². The van der Waals surface area contributed by atoms with E-state index in [2.05, 4.69) is 0 Å². The van der Waals surface area contributed by atoms with E-state index in [9.17, 15) is 9.18 Å². The lowest BCUT2D eigenvalue weighted by atomic mass is 10.1. The van der Waals surface area contributed by atoms with Gasteiger partial charge in [0.2, 0.25) is 0 Å². The second kappa shape index (κ2) is 2.70. The van der Waals surface area contributed by atoms with Gasteiger partial charge >= 0.3 is 0 Å². The minimum absolute atomic E-state index is 0.190. The van der Waals surface area contributed by atoms with Crippen molar-refractivity contribution in [3.8, 4) is 0 Å². The molecule has 0 amide bonds. The molecule has 0 N–H and O–H groups in total. The molecule has 0 radical (unpaired) electrons. The Morgan fingerprint density at radius 3 is 2.58 bits per heavy atom. The van der Waals surface area contributed by atoms with Gasteiger partial charge in [-0.2, -0.15) is 0 Å². The van der Waals surface area contributed by atoms with Gasteiger partial charge in [0.05, 0.1) is 5.56 Å². The minimum atomic E-state index is -0.384. The summed E-state index contributed by atoms with van der Waals surface area (Å²) >= 11 is 0. The summed E-state index contributed by atoms with van der Waals surface area (Å²) in [7, 11) is 0. The molecule has 0 saturated heterocycles. The predicted octanol–water partition coefficient (Wildman–Crippen LogP) is 2.13. The average Bonchev–Trinajstić information content (AvgIpc) is 2.49. The molecule has 0 spiro atoms. The van der Waals surface area contributed by atoms with E-state index in [1.165, 1.54) is 6.07 Å².